The van der Waals surface area contributed by atoms with E-state index in [2.05, 4.69) is 5.16 Å². The molecular formula is C14H19NO3. The summed E-state index contributed by atoms with van der Waals surface area (Å²) in [6.07, 6.45) is 2.02. The van der Waals surface area contributed by atoms with Crippen molar-refractivity contribution in [1.82, 2.24) is 0 Å². The van der Waals surface area contributed by atoms with Crippen molar-refractivity contribution in [3.63, 3.8) is 0 Å². The summed E-state index contributed by atoms with van der Waals surface area (Å²) in [6.45, 7) is 3.52. The summed E-state index contributed by atoms with van der Waals surface area (Å²) < 4.78 is 5.65. The highest BCUT2D eigenvalue weighted by Gasteiger charge is 2.18. The highest BCUT2D eigenvalue weighted by Crippen LogP contribution is 2.26. The molecule has 0 saturated heterocycles. The Bertz CT molecular complexity index is 454. The van der Waals surface area contributed by atoms with Gasteiger partial charge in [-0.3, -0.25) is 0 Å². The molecule has 2 N–H and O–H groups in total. The monoisotopic (exact) mass is 249 g/mol. The van der Waals surface area contributed by atoms with Gasteiger partial charge in [0.15, 0.2) is 0 Å². The molecule has 0 aromatic heterocycles. The summed E-state index contributed by atoms with van der Waals surface area (Å²) in [7, 11) is 0. The summed E-state index contributed by atoms with van der Waals surface area (Å²) >= 11 is 0. The van der Waals surface area contributed by atoms with Crippen LogP contribution in [-0.2, 0) is 6.42 Å². The first-order chi connectivity index (χ1) is 8.61. The number of ether oxygens (including phenoxy) is 1. The van der Waals surface area contributed by atoms with Crippen LogP contribution in [0.2, 0.25) is 0 Å². The number of fused-ring (bicyclic) bond motifs is 1. The van der Waals surface area contributed by atoms with Crippen molar-refractivity contribution in [2.24, 2.45) is 5.16 Å². The molecule has 1 aromatic carbocycles. The fourth-order valence-electron chi connectivity index (χ4n) is 2.11. The summed E-state index contributed by atoms with van der Waals surface area (Å²) in [5.41, 5.74) is 2.86. The minimum atomic E-state index is -0.521. The lowest BCUT2D eigenvalue weighted by Crippen LogP contribution is -2.25. The van der Waals surface area contributed by atoms with Crippen LogP contribution in [-0.4, -0.2) is 28.2 Å². The Morgan fingerprint density at radius 1 is 1.28 bits per heavy atom. The van der Waals surface area contributed by atoms with Gasteiger partial charge < -0.3 is 15.1 Å². The highest BCUT2D eigenvalue weighted by molar-refractivity contribution is 6.02. The second-order valence-electron chi connectivity index (χ2n) is 4.78. The van der Waals surface area contributed by atoms with E-state index in [0.717, 1.165) is 24.8 Å². The van der Waals surface area contributed by atoms with E-state index in [9.17, 15) is 5.11 Å². The predicted molar refractivity (Wildman–Crippen MR) is 69.5 cm³/mol. The molecule has 4 heteroatoms. The lowest BCUT2D eigenvalue weighted by Gasteiger charge is -2.21. The Hall–Kier alpha value is -1.55. The SMILES string of the molecule is CC(O)C(C)Oc1ccc2c(c1)/C(=N\O)CCC2. The maximum absolute atomic E-state index is 9.43. The molecule has 0 bridgehead atoms. The Labute approximate surface area is 107 Å². The van der Waals surface area contributed by atoms with Gasteiger partial charge in [0.25, 0.3) is 0 Å². The lowest BCUT2D eigenvalue weighted by atomic mass is 9.90. The summed E-state index contributed by atoms with van der Waals surface area (Å²) in [6, 6.07) is 5.80. The van der Waals surface area contributed by atoms with Crippen LogP contribution in [0.3, 0.4) is 0 Å². The standard InChI is InChI=1S/C14H19NO3/c1-9(16)10(2)18-12-7-6-11-4-3-5-14(15-17)13(11)8-12/h6-10,16-17H,3-5H2,1-2H3/b15-14-. The van der Waals surface area contributed by atoms with Crippen LogP contribution in [0.1, 0.15) is 37.8 Å². The smallest absolute Gasteiger partial charge is 0.121 e. The molecule has 98 valence electrons. The third kappa shape index (κ3) is 2.64. The zero-order valence-corrected chi connectivity index (χ0v) is 10.8. The average molecular weight is 249 g/mol. The molecule has 0 aliphatic heterocycles. The first kappa shape index (κ1) is 12.9. The van der Waals surface area contributed by atoms with Gasteiger partial charge in [-0.15, -0.1) is 0 Å². The Morgan fingerprint density at radius 2 is 2.06 bits per heavy atom. The normalized spacial score (nSPS) is 20.3. The predicted octanol–water partition coefficient (Wildman–Crippen LogP) is 2.35. The number of rotatable bonds is 3. The van der Waals surface area contributed by atoms with E-state index in [0.29, 0.717) is 11.5 Å². The second kappa shape index (κ2) is 5.40. The summed E-state index contributed by atoms with van der Waals surface area (Å²) in [4.78, 5) is 0. The molecule has 0 radical (unpaired) electrons. The molecule has 1 aliphatic rings. The number of benzene rings is 1. The number of hydrogen-bond donors (Lipinski definition) is 2. The maximum atomic E-state index is 9.43. The summed E-state index contributed by atoms with van der Waals surface area (Å²) in [5.74, 6) is 0.699. The molecule has 1 aromatic rings. The van der Waals surface area contributed by atoms with Crippen LogP contribution < -0.4 is 4.74 Å². The first-order valence-corrected chi connectivity index (χ1v) is 6.30. The van der Waals surface area contributed by atoms with Crippen molar-refractivity contribution in [3.8, 4) is 5.75 Å². The molecule has 0 amide bonds. The van der Waals surface area contributed by atoms with Gasteiger partial charge in [-0.1, -0.05) is 11.2 Å². The molecule has 1 aliphatic carbocycles. The fourth-order valence-corrected chi connectivity index (χ4v) is 2.11. The molecule has 0 heterocycles. The molecule has 2 unspecified atom stereocenters. The van der Waals surface area contributed by atoms with Crippen LogP contribution in [0.5, 0.6) is 5.75 Å². The van der Waals surface area contributed by atoms with Crippen LogP contribution in [0.4, 0.5) is 0 Å². The Morgan fingerprint density at radius 3 is 2.72 bits per heavy atom. The van der Waals surface area contributed by atoms with E-state index in [4.69, 9.17) is 9.94 Å². The van der Waals surface area contributed by atoms with Crippen LogP contribution in [0.25, 0.3) is 0 Å². The van der Waals surface area contributed by atoms with Crippen molar-refractivity contribution in [1.29, 1.82) is 0 Å². The molecular weight excluding hydrogens is 230 g/mol. The molecule has 0 spiro atoms. The number of aliphatic hydroxyl groups excluding tert-OH is 1. The lowest BCUT2D eigenvalue weighted by molar-refractivity contribution is 0.0604. The first-order valence-electron chi connectivity index (χ1n) is 6.30. The van der Waals surface area contributed by atoms with Gasteiger partial charge in [-0.25, -0.2) is 0 Å². The minimum Gasteiger partial charge on any atom is -0.488 e. The number of oxime groups is 1. The number of hydrogen-bond acceptors (Lipinski definition) is 4. The topological polar surface area (TPSA) is 62.0 Å². The van der Waals surface area contributed by atoms with Crippen LogP contribution >= 0.6 is 0 Å². The van der Waals surface area contributed by atoms with E-state index < -0.39 is 6.10 Å². The van der Waals surface area contributed by atoms with Gasteiger partial charge in [-0.05, 0) is 50.8 Å². The quantitative estimate of drug-likeness (QED) is 0.638. The van der Waals surface area contributed by atoms with Crippen molar-refractivity contribution in [3.05, 3.63) is 29.3 Å². The zero-order valence-electron chi connectivity index (χ0n) is 10.8. The van der Waals surface area contributed by atoms with Gasteiger partial charge in [0, 0.05) is 5.56 Å². The number of nitrogens with zero attached hydrogens (tertiary/aromatic N) is 1. The third-order valence-electron chi connectivity index (χ3n) is 3.37. The minimum absolute atomic E-state index is 0.263. The second-order valence-corrected chi connectivity index (χ2v) is 4.78. The van der Waals surface area contributed by atoms with Crippen molar-refractivity contribution < 1.29 is 15.1 Å². The van der Waals surface area contributed by atoms with Gasteiger partial charge in [0.05, 0.1) is 11.8 Å². The van der Waals surface area contributed by atoms with Crippen molar-refractivity contribution in [2.45, 2.75) is 45.3 Å². The Kier molecular flexibility index (Phi) is 3.87. The summed E-state index contributed by atoms with van der Waals surface area (Å²) in [5, 5.41) is 21.8. The number of aryl methyl sites for hydroxylation is 1. The maximum Gasteiger partial charge on any atom is 0.121 e. The molecule has 2 atom stereocenters. The van der Waals surface area contributed by atoms with E-state index in [1.165, 1.54) is 5.56 Å². The van der Waals surface area contributed by atoms with Crippen LogP contribution in [0, 0.1) is 0 Å². The molecule has 4 nitrogen and oxygen atoms in total. The van der Waals surface area contributed by atoms with E-state index in [1.807, 2.05) is 25.1 Å². The van der Waals surface area contributed by atoms with Gasteiger partial charge in [0.2, 0.25) is 0 Å². The van der Waals surface area contributed by atoms with E-state index in [1.54, 1.807) is 6.92 Å². The Balaban J connectivity index is 2.25. The van der Waals surface area contributed by atoms with Gasteiger partial charge in [0.1, 0.15) is 11.9 Å². The van der Waals surface area contributed by atoms with Crippen LogP contribution in [0.15, 0.2) is 23.4 Å². The molecule has 0 saturated carbocycles. The number of aliphatic hydroxyl groups is 1. The molecule has 0 fully saturated rings. The zero-order chi connectivity index (χ0) is 13.1. The van der Waals surface area contributed by atoms with Crippen molar-refractivity contribution in [2.75, 3.05) is 0 Å². The average Bonchev–Trinajstić information content (AvgIpc) is 2.37. The van der Waals surface area contributed by atoms with Gasteiger partial charge >= 0.3 is 0 Å². The molecule has 2 rings (SSSR count). The van der Waals surface area contributed by atoms with Crippen molar-refractivity contribution >= 4 is 5.71 Å². The van der Waals surface area contributed by atoms with E-state index in [-0.39, 0.29) is 6.10 Å². The molecule has 18 heavy (non-hydrogen) atoms. The van der Waals surface area contributed by atoms with Gasteiger partial charge in [-0.2, -0.15) is 0 Å². The third-order valence-corrected chi connectivity index (χ3v) is 3.37. The highest BCUT2D eigenvalue weighted by atomic mass is 16.5. The fraction of sp³-hybridized carbons (Fsp3) is 0.500. The van der Waals surface area contributed by atoms with E-state index >= 15 is 0 Å². The largest absolute Gasteiger partial charge is 0.488 e.